The van der Waals surface area contributed by atoms with Crippen LogP contribution in [0.2, 0.25) is 15.2 Å². The maximum absolute atomic E-state index is 16.6. The minimum absolute atomic E-state index is 0.0368. The minimum atomic E-state index is -0.721. The van der Waals surface area contributed by atoms with E-state index in [9.17, 15) is 14.9 Å². The van der Waals surface area contributed by atoms with Gasteiger partial charge in [-0.05, 0) is 58.2 Å². The van der Waals surface area contributed by atoms with Crippen LogP contribution in [-0.4, -0.2) is 52.8 Å². The molecule has 1 saturated carbocycles. The van der Waals surface area contributed by atoms with Gasteiger partial charge in [-0.2, -0.15) is 5.26 Å². The van der Waals surface area contributed by atoms with Crippen molar-refractivity contribution in [3.8, 4) is 17.2 Å². The number of halogens is 4. The number of nitriles is 1. The van der Waals surface area contributed by atoms with E-state index in [0.29, 0.717) is 17.7 Å². The lowest BCUT2D eigenvalue weighted by Crippen LogP contribution is -2.50. The number of rotatable bonds is 7. The summed E-state index contributed by atoms with van der Waals surface area (Å²) in [4.78, 5) is 32.1. The van der Waals surface area contributed by atoms with Gasteiger partial charge in [-0.1, -0.05) is 46.9 Å². The van der Waals surface area contributed by atoms with E-state index in [1.165, 1.54) is 0 Å². The summed E-state index contributed by atoms with van der Waals surface area (Å²) >= 11 is 19.4. The molecule has 226 valence electrons. The van der Waals surface area contributed by atoms with Crippen LogP contribution in [0, 0.1) is 23.1 Å². The highest BCUT2D eigenvalue weighted by Crippen LogP contribution is 2.47. The lowest BCUT2D eigenvalue weighted by atomic mass is 9.79. The maximum atomic E-state index is 16.6. The zero-order chi connectivity index (χ0) is 31.2. The Balaban J connectivity index is 1.67. The molecule has 1 aromatic heterocycles. The molecule has 3 aromatic rings. The number of anilines is 1. The molecule has 3 atom stereocenters. The molecule has 2 aliphatic heterocycles. The fourth-order valence-electron chi connectivity index (χ4n) is 5.83. The van der Waals surface area contributed by atoms with Gasteiger partial charge >= 0.3 is 12.1 Å². The molecule has 2 bridgehead atoms. The second kappa shape index (κ2) is 12.0. The molecule has 1 N–H and O–H groups in total. The normalized spacial score (nSPS) is 19.1. The van der Waals surface area contributed by atoms with Gasteiger partial charge in [0.15, 0.2) is 5.82 Å². The van der Waals surface area contributed by atoms with Crippen molar-refractivity contribution >= 4 is 63.5 Å². The standard InChI is InChI=1S/C31H30Cl3FN4O4/c1-5-42-29(40)22-26(37-25-16-13-20(25)39(14-16)30(41)43-31(2,3)4)18-12-15(8-7-11-36)21(24(35)27(18)38-28(22)34)17-9-6-10-19(32)23(17)33/h6,9-10,12,16,20,25H,5,7-8,13-14H2,1-4H3,(H,37,38)/t16-,20-,25+/m1/s1. The number of pyridine rings is 1. The van der Waals surface area contributed by atoms with Gasteiger partial charge in [0.25, 0.3) is 0 Å². The van der Waals surface area contributed by atoms with Crippen molar-refractivity contribution < 1.29 is 23.5 Å². The van der Waals surface area contributed by atoms with E-state index in [2.05, 4.69) is 16.4 Å². The first-order valence-electron chi connectivity index (χ1n) is 13.9. The molecule has 3 aliphatic rings. The van der Waals surface area contributed by atoms with Crippen molar-refractivity contribution in [2.24, 2.45) is 5.92 Å². The smallest absolute Gasteiger partial charge is 0.410 e. The van der Waals surface area contributed by atoms with Crippen molar-refractivity contribution in [3.63, 3.8) is 0 Å². The van der Waals surface area contributed by atoms with Gasteiger partial charge in [0.2, 0.25) is 0 Å². The Morgan fingerprint density at radius 2 is 2.00 bits per heavy atom. The molecular weight excluding hydrogens is 618 g/mol. The molecule has 2 aromatic carbocycles. The van der Waals surface area contributed by atoms with Gasteiger partial charge in [-0.15, -0.1) is 0 Å². The van der Waals surface area contributed by atoms with Gasteiger partial charge < -0.3 is 19.7 Å². The van der Waals surface area contributed by atoms with Crippen LogP contribution in [0.4, 0.5) is 14.9 Å². The molecule has 1 amide bonds. The number of fused-ring (bicyclic) bond motifs is 2. The number of aromatic nitrogens is 1. The van der Waals surface area contributed by atoms with E-state index in [0.717, 1.165) is 6.42 Å². The third kappa shape index (κ3) is 5.81. The van der Waals surface area contributed by atoms with Gasteiger partial charge in [-0.25, -0.2) is 19.0 Å². The molecule has 1 aliphatic carbocycles. The molecule has 6 rings (SSSR count). The first-order chi connectivity index (χ1) is 20.4. The molecule has 0 spiro atoms. The summed E-state index contributed by atoms with van der Waals surface area (Å²) in [5.41, 5.74) is 0.430. The van der Waals surface area contributed by atoms with Crippen LogP contribution in [0.3, 0.4) is 0 Å². The second-order valence-corrected chi connectivity index (χ2v) is 12.8. The molecule has 8 nitrogen and oxygen atoms in total. The zero-order valence-electron chi connectivity index (χ0n) is 24.1. The Hall–Kier alpha value is -3.32. The van der Waals surface area contributed by atoms with Crippen LogP contribution in [0.5, 0.6) is 0 Å². The number of esters is 1. The molecule has 12 heteroatoms. The maximum Gasteiger partial charge on any atom is 0.410 e. The number of carbonyl (C=O) groups excluding carboxylic acids is 2. The van der Waals surface area contributed by atoms with Crippen molar-refractivity contribution in [1.29, 1.82) is 5.26 Å². The van der Waals surface area contributed by atoms with Crippen LogP contribution < -0.4 is 5.32 Å². The van der Waals surface area contributed by atoms with Crippen LogP contribution in [0.1, 0.15) is 56.5 Å². The lowest BCUT2D eigenvalue weighted by Gasteiger charge is -2.38. The Morgan fingerprint density at radius 3 is 2.67 bits per heavy atom. The number of hydrogen-bond acceptors (Lipinski definition) is 7. The number of amides is 1. The summed E-state index contributed by atoms with van der Waals surface area (Å²) in [7, 11) is 0. The Labute approximate surface area is 264 Å². The van der Waals surface area contributed by atoms with E-state index in [-0.39, 0.29) is 80.4 Å². The highest BCUT2D eigenvalue weighted by atomic mass is 35.5. The highest BCUT2D eigenvalue weighted by molar-refractivity contribution is 6.43. The quantitative estimate of drug-likeness (QED) is 0.204. The fraction of sp³-hybridized carbons (Fsp3) is 0.419. The SMILES string of the molecule is CCOC(=O)c1c(Cl)nc2c(F)c(-c3cccc(Cl)c3Cl)c(CCC#N)cc2c1N[C@H]1[C@@H]2C[C@H]1N(C(=O)OC(C)(C)C)C2. The molecule has 3 heterocycles. The van der Waals surface area contributed by atoms with Gasteiger partial charge in [-0.3, -0.25) is 0 Å². The summed E-state index contributed by atoms with van der Waals surface area (Å²) in [6.45, 7) is 7.64. The summed E-state index contributed by atoms with van der Waals surface area (Å²) in [5, 5.41) is 13.2. The topological polar surface area (TPSA) is 105 Å². The van der Waals surface area contributed by atoms with E-state index >= 15 is 4.39 Å². The van der Waals surface area contributed by atoms with Gasteiger partial charge in [0.05, 0.1) is 40.5 Å². The second-order valence-electron chi connectivity index (χ2n) is 11.6. The van der Waals surface area contributed by atoms with E-state index < -0.39 is 23.5 Å². The summed E-state index contributed by atoms with van der Waals surface area (Å²) in [6.07, 6.45) is 0.629. The lowest BCUT2D eigenvalue weighted by molar-refractivity contribution is 0.0238. The van der Waals surface area contributed by atoms with Crippen molar-refractivity contribution in [3.05, 3.63) is 56.4 Å². The number of benzene rings is 2. The van der Waals surface area contributed by atoms with E-state index in [4.69, 9.17) is 44.3 Å². The van der Waals surface area contributed by atoms with Crippen LogP contribution in [0.25, 0.3) is 22.0 Å². The molecule has 2 saturated heterocycles. The number of hydrogen-bond donors (Lipinski definition) is 1. The number of nitrogens with one attached hydrogen (secondary N) is 1. The first-order valence-corrected chi connectivity index (χ1v) is 15.1. The molecular formula is C31H30Cl3FN4O4. The monoisotopic (exact) mass is 646 g/mol. The number of aryl methyl sites for hydroxylation is 1. The molecule has 3 fully saturated rings. The Kier molecular flexibility index (Phi) is 8.68. The minimum Gasteiger partial charge on any atom is -0.462 e. The highest BCUT2D eigenvalue weighted by Gasteiger charge is 2.55. The largest absolute Gasteiger partial charge is 0.462 e. The Bertz CT molecular complexity index is 1670. The van der Waals surface area contributed by atoms with E-state index in [1.54, 1.807) is 56.9 Å². The predicted molar refractivity (Wildman–Crippen MR) is 164 cm³/mol. The van der Waals surface area contributed by atoms with Crippen LogP contribution in [0.15, 0.2) is 24.3 Å². The van der Waals surface area contributed by atoms with Crippen LogP contribution in [-0.2, 0) is 15.9 Å². The number of ether oxygens (including phenoxy) is 2. The molecule has 43 heavy (non-hydrogen) atoms. The fourth-order valence-corrected chi connectivity index (χ4v) is 6.48. The number of carbonyl (C=O) groups is 2. The average Bonchev–Trinajstić information content (AvgIpc) is 3.53. The predicted octanol–water partition coefficient (Wildman–Crippen LogP) is 8.05. The third-order valence-electron chi connectivity index (χ3n) is 7.70. The van der Waals surface area contributed by atoms with Crippen molar-refractivity contribution in [2.75, 3.05) is 18.5 Å². The van der Waals surface area contributed by atoms with E-state index in [1.807, 2.05) is 0 Å². The summed E-state index contributed by atoms with van der Waals surface area (Å²) in [6, 6.07) is 8.23. The van der Waals surface area contributed by atoms with Crippen molar-refractivity contribution in [1.82, 2.24) is 9.88 Å². The average molecular weight is 648 g/mol. The Morgan fingerprint density at radius 1 is 1.26 bits per heavy atom. The van der Waals surface area contributed by atoms with Crippen LogP contribution >= 0.6 is 34.8 Å². The molecule has 0 radical (unpaired) electrons. The number of nitrogens with zero attached hydrogens (tertiary/aromatic N) is 3. The third-order valence-corrected chi connectivity index (χ3v) is 8.79. The van der Waals surface area contributed by atoms with Gasteiger partial charge in [0.1, 0.15) is 21.8 Å². The zero-order valence-corrected chi connectivity index (χ0v) is 26.3. The first kappa shape index (κ1) is 31.1. The molecule has 0 unspecified atom stereocenters. The summed E-state index contributed by atoms with van der Waals surface area (Å²) < 4.78 is 27.5. The summed E-state index contributed by atoms with van der Waals surface area (Å²) in [5.74, 6) is -1.37. The van der Waals surface area contributed by atoms with Crippen molar-refractivity contribution in [2.45, 2.75) is 64.6 Å². The van der Waals surface area contributed by atoms with Gasteiger partial charge in [0, 0.05) is 35.4 Å².